The van der Waals surface area contributed by atoms with Gasteiger partial charge in [0.2, 0.25) is 0 Å². The van der Waals surface area contributed by atoms with Crippen molar-refractivity contribution < 1.29 is 14.3 Å². The van der Waals surface area contributed by atoms with Crippen LogP contribution >= 0.6 is 0 Å². The van der Waals surface area contributed by atoms with Crippen LogP contribution in [-0.2, 0) is 0 Å². The monoisotopic (exact) mass is 361 g/mol. The standard InChI is InChI=1S/C23H23NO3/c1-2-26-21-12-14-22(15-13-21)27-17-16-24-23(25)20-10-8-19(9-11-20)18-6-4-3-5-7-18/h3-15H,2,16-17H2,1H3,(H,24,25). The predicted octanol–water partition coefficient (Wildman–Crippen LogP) is 4.56. The van der Waals surface area contributed by atoms with Gasteiger partial charge in [-0.2, -0.15) is 0 Å². The topological polar surface area (TPSA) is 47.6 Å². The quantitative estimate of drug-likeness (QED) is 0.598. The third kappa shape index (κ3) is 5.35. The van der Waals surface area contributed by atoms with E-state index in [1.807, 2.05) is 85.8 Å². The fraction of sp³-hybridized carbons (Fsp3) is 0.174. The normalized spacial score (nSPS) is 10.3. The molecule has 0 aliphatic heterocycles. The molecule has 0 aliphatic rings. The van der Waals surface area contributed by atoms with Crippen LogP contribution in [-0.4, -0.2) is 25.7 Å². The van der Waals surface area contributed by atoms with Crippen molar-refractivity contribution in [1.82, 2.24) is 5.32 Å². The molecule has 0 saturated heterocycles. The molecule has 0 heterocycles. The molecule has 3 aromatic rings. The molecule has 3 aromatic carbocycles. The van der Waals surface area contributed by atoms with Crippen molar-refractivity contribution in [2.75, 3.05) is 19.8 Å². The summed E-state index contributed by atoms with van der Waals surface area (Å²) in [7, 11) is 0. The highest BCUT2D eigenvalue weighted by atomic mass is 16.5. The maximum atomic E-state index is 12.2. The van der Waals surface area contributed by atoms with Crippen LogP contribution in [0, 0.1) is 0 Å². The van der Waals surface area contributed by atoms with Gasteiger partial charge in [-0.05, 0) is 54.4 Å². The Balaban J connectivity index is 1.45. The Kier molecular flexibility index (Phi) is 6.47. The van der Waals surface area contributed by atoms with Gasteiger partial charge in [-0.15, -0.1) is 0 Å². The van der Waals surface area contributed by atoms with E-state index >= 15 is 0 Å². The van der Waals surface area contributed by atoms with E-state index in [2.05, 4.69) is 5.32 Å². The van der Waals surface area contributed by atoms with E-state index in [1.165, 1.54) is 0 Å². The molecule has 27 heavy (non-hydrogen) atoms. The molecular formula is C23H23NO3. The molecule has 0 spiro atoms. The van der Waals surface area contributed by atoms with Crippen molar-refractivity contribution in [3.63, 3.8) is 0 Å². The van der Waals surface area contributed by atoms with Crippen LogP contribution in [0.25, 0.3) is 11.1 Å². The van der Waals surface area contributed by atoms with E-state index < -0.39 is 0 Å². The number of hydrogen-bond acceptors (Lipinski definition) is 3. The van der Waals surface area contributed by atoms with Crippen LogP contribution in [0.4, 0.5) is 0 Å². The van der Waals surface area contributed by atoms with E-state index in [1.54, 1.807) is 0 Å². The van der Waals surface area contributed by atoms with Gasteiger partial charge in [0.1, 0.15) is 18.1 Å². The molecule has 4 heteroatoms. The lowest BCUT2D eigenvalue weighted by molar-refractivity contribution is 0.0947. The van der Waals surface area contributed by atoms with E-state index in [4.69, 9.17) is 9.47 Å². The SMILES string of the molecule is CCOc1ccc(OCCNC(=O)c2ccc(-c3ccccc3)cc2)cc1. The van der Waals surface area contributed by atoms with Gasteiger partial charge in [-0.25, -0.2) is 0 Å². The lowest BCUT2D eigenvalue weighted by atomic mass is 10.0. The largest absolute Gasteiger partial charge is 0.494 e. The number of carbonyl (C=O) groups excluding carboxylic acids is 1. The van der Waals surface area contributed by atoms with Crippen molar-refractivity contribution in [2.45, 2.75) is 6.92 Å². The Labute approximate surface area is 159 Å². The maximum Gasteiger partial charge on any atom is 0.251 e. The lowest BCUT2D eigenvalue weighted by Gasteiger charge is -2.09. The van der Waals surface area contributed by atoms with Gasteiger partial charge in [-0.3, -0.25) is 4.79 Å². The number of ether oxygens (including phenoxy) is 2. The summed E-state index contributed by atoms with van der Waals surface area (Å²) in [6.07, 6.45) is 0. The summed E-state index contributed by atoms with van der Waals surface area (Å²) in [5.41, 5.74) is 2.86. The Morgan fingerprint density at radius 3 is 2.00 bits per heavy atom. The first kappa shape index (κ1) is 18.5. The summed E-state index contributed by atoms with van der Waals surface area (Å²) < 4.78 is 11.0. The average molecular weight is 361 g/mol. The fourth-order valence-corrected chi connectivity index (χ4v) is 2.68. The molecule has 0 aliphatic carbocycles. The average Bonchev–Trinajstić information content (AvgIpc) is 2.73. The highest BCUT2D eigenvalue weighted by Crippen LogP contribution is 2.19. The van der Waals surface area contributed by atoms with Gasteiger partial charge in [-0.1, -0.05) is 42.5 Å². The smallest absolute Gasteiger partial charge is 0.251 e. The Morgan fingerprint density at radius 2 is 1.37 bits per heavy atom. The van der Waals surface area contributed by atoms with Gasteiger partial charge in [0.15, 0.2) is 0 Å². The molecule has 1 N–H and O–H groups in total. The van der Waals surface area contributed by atoms with Crippen molar-refractivity contribution in [3.8, 4) is 22.6 Å². The van der Waals surface area contributed by atoms with Crippen LogP contribution in [0.2, 0.25) is 0 Å². The van der Waals surface area contributed by atoms with Gasteiger partial charge >= 0.3 is 0 Å². The second-order valence-corrected chi connectivity index (χ2v) is 5.95. The zero-order chi connectivity index (χ0) is 18.9. The summed E-state index contributed by atoms with van der Waals surface area (Å²) in [6.45, 7) is 3.43. The molecule has 0 bridgehead atoms. The van der Waals surface area contributed by atoms with E-state index in [0.29, 0.717) is 25.3 Å². The Morgan fingerprint density at radius 1 is 0.778 bits per heavy atom. The number of rotatable bonds is 8. The van der Waals surface area contributed by atoms with Crippen molar-refractivity contribution in [1.29, 1.82) is 0 Å². The number of hydrogen-bond donors (Lipinski definition) is 1. The summed E-state index contributed by atoms with van der Waals surface area (Å²) >= 11 is 0. The van der Waals surface area contributed by atoms with Crippen molar-refractivity contribution in [3.05, 3.63) is 84.4 Å². The minimum absolute atomic E-state index is 0.107. The summed E-state index contributed by atoms with van der Waals surface area (Å²) in [5, 5.41) is 2.87. The van der Waals surface area contributed by atoms with Crippen molar-refractivity contribution >= 4 is 5.91 Å². The molecule has 4 nitrogen and oxygen atoms in total. The molecule has 0 fully saturated rings. The maximum absolute atomic E-state index is 12.2. The third-order valence-electron chi connectivity index (χ3n) is 4.05. The second-order valence-electron chi connectivity index (χ2n) is 5.95. The van der Waals surface area contributed by atoms with E-state index in [0.717, 1.165) is 22.6 Å². The van der Waals surface area contributed by atoms with Crippen LogP contribution in [0.5, 0.6) is 11.5 Å². The van der Waals surface area contributed by atoms with E-state index in [-0.39, 0.29) is 5.91 Å². The van der Waals surface area contributed by atoms with E-state index in [9.17, 15) is 4.79 Å². The first-order valence-electron chi connectivity index (χ1n) is 9.05. The summed E-state index contributed by atoms with van der Waals surface area (Å²) in [5.74, 6) is 1.46. The molecule has 0 atom stereocenters. The molecule has 1 amide bonds. The fourth-order valence-electron chi connectivity index (χ4n) is 2.68. The van der Waals surface area contributed by atoms with Gasteiger partial charge in [0.25, 0.3) is 5.91 Å². The number of carbonyl (C=O) groups is 1. The molecule has 138 valence electrons. The molecule has 3 rings (SSSR count). The van der Waals surface area contributed by atoms with Crippen LogP contribution in [0.3, 0.4) is 0 Å². The number of amides is 1. The highest BCUT2D eigenvalue weighted by molar-refractivity contribution is 5.94. The molecule has 0 saturated carbocycles. The number of benzene rings is 3. The first-order valence-corrected chi connectivity index (χ1v) is 9.05. The number of nitrogens with one attached hydrogen (secondary N) is 1. The lowest BCUT2D eigenvalue weighted by Crippen LogP contribution is -2.28. The molecular weight excluding hydrogens is 338 g/mol. The first-order chi connectivity index (χ1) is 13.3. The Hall–Kier alpha value is -3.27. The zero-order valence-electron chi connectivity index (χ0n) is 15.4. The Bertz CT molecular complexity index is 843. The predicted molar refractivity (Wildman–Crippen MR) is 107 cm³/mol. The molecule has 0 aromatic heterocycles. The minimum atomic E-state index is -0.107. The summed E-state index contributed by atoms with van der Waals surface area (Å²) in [6, 6.07) is 25.1. The van der Waals surface area contributed by atoms with Gasteiger partial charge in [0, 0.05) is 5.56 Å². The van der Waals surface area contributed by atoms with Gasteiger partial charge < -0.3 is 14.8 Å². The van der Waals surface area contributed by atoms with Crippen LogP contribution in [0.15, 0.2) is 78.9 Å². The third-order valence-corrected chi connectivity index (χ3v) is 4.05. The van der Waals surface area contributed by atoms with Crippen LogP contribution < -0.4 is 14.8 Å². The molecule has 0 radical (unpaired) electrons. The minimum Gasteiger partial charge on any atom is -0.494 e. The highest BCUT2D eigenvalue weighted by Gasteiger charge is 2.05. The van der Waals surface area contributed by atoms with Crippen LogP contribution in [0.1, 0.15) is 17.3 Å². The zero-order valence-corrected chi connectivity index (χ0v) is 15.4. The second kappa shape index (κ2) is 9.43. The van der Waals surface area contributed by atoms with Gasteiger partial charge in [0.05, 0.1) is 13.2 Å². The summed E-state index contributed by atoms with van der Waals surface area (Å²) in [4.78, 5) is 12.2. The molecule has 0 unspecified atom stereocenters. The van der Waals surface area contributed by atoms with Crippen molar-refractivity contribution in [2.24, 2.45) is 0 Å².